The summed E-state index contributed by atoms with van der Waals surface area (Å²) in [5, 5.41) is 32.8. The lowest BCUT2D eigenvalue weighted by molar-refractivity contribution is -0.147. The second kappa shape index (κ2) is 14.8. The second-order valence-electron chi connectivity index (χ2n) is 7.33. The van der Waals surface area contributed by atoms with E-state index >= 15 is 0 Å². The van der Waals surface area contributed by atoms with E-state index < -0.39 is 104 Å². The number of carboxylic acid groups (broad SMARTS) is 3. The van der Waals surface area contributed by atoms with Crippen LogP contribution in [0, 0.1) is 0 Å². The number of aliphatic carboxylic acids is 3. The van der Waals surface area contributed by atoms with Crippen molar-refractivity contribution in [3.8, 4) is 0 Å². The normalized spacial score (nSPS) is 13.9. The van der Waals surface area contributed by atoms with E-state index in [1.54, 1.807) is 0 Å². The SMILES string of the molecule is NC(=O)CCC(NC(=O)C(N)CC(=O)O)C(=O)NC(CCC(N)=O)C(=O)NC(CC(=O)O)C(=O)O. The third kappa shape index (κ3) is 13.1. The molecule has 0 aromatic carbocycles. The van der Waals surface area contributed by atoms with Gasteiger partial charge in [-0.2, -0.15) is 0 Å². The average molecular weight is 504 g/mol. The Balaban J connectivity index is 5.67. The number of nitrogens with one attached hydrogen (secondary N) is 3. The third-order valence-electron chi connectivity index (χ3n) is 4.35. The van der Waals surface area contributed by atoms with E-state index in [1.807, 2.05) is 5.32 Å². The predicted molar refractivity (Wildman–Crippen MR) is 113 cm³/mol. The predicted octanol–water partition coefficient (Wildman–Crippen LogP) is -4.67. The Labute approximate surface area is 197 Å². The van der Waals surface area contributed by atoms with Crippen molar-refractivity contribution in [1.29, 1.82) is 0 Å². The fraction of sp³-hybridized carbons (Fsp3) is 0.556. The number of rotatable bonds is 17. The Morgan fingerprint density at radius 3 is 1.31 bits per heavy atom. The molecule has 0 saturated heterocycles. The molecule has 0 aliphatic rings. The fourth-order valence-corrected chi connectivity index (χ4v) is 2.59. The van der Waals surface area contributed by atoms with E-state index in [1.165, 1.54) is 0 Å². The van der Waals surface area contributed by atoms with Crippen molar-refractivity contribution >= 4 is 47.4 Å². The topological polar surface area (TPSA) is 311 Å². The van der Waals surface area contributed by atoms with Gasteiger partial charge in [0, 0.05) is 12.8 Å². The Kier molecular flexibility index (Phi) is 13.0. The molecule has 0 aliphatic carbocycles. The summed E-state index contributed by atoms with van der Waals surface area (Å²) in [6.45, 7) is 0. The number of carbonyl (C=O) groups excluding carboxylic acids is 5. The van der Waals surface area contributed by atoms with Gasteiger partial charge in [-0.3, -0.25) is 33.6 Å². The minimum absolute atomic E-state index is 0.381. The maximum absolute atomic E-state index is 12.8. The molecule has 35 heavy (non-hydrogen) atoms. The van der Waals surface area contributed by atoms with E-state index in [2.05, 4.69) is 10.6 Å². The van der Waals surface area contributed by atoms with Crippen LogP contribution >= 0.6 is 0 Å². The molecule has 0 bridgehead atoms. The second-order valence-corrected chi connectivity index (χ2v) is 7.33. The summed E-state index contributed by atoms with van der Waals surface area (Å²) in [7, 11) is 0. The standard InChI is InChI=1S/C18H28N6O11/c19-7(5-13(27)28)15(31)22-8(1-3-11(20)25)16(32)23-9(2-4-12(21)26)17(33)24-10(18(34)35)6-14(29)30/h7-10H,1-6,19H2,(H2,20,25)(H2,21,26)(H,22,31)(H,23,32)(H,24,33)(H,27,28)(H,29,30)(H,34,35). The van der Waals surface area contributed by atoms with Crippen molar-refractivity contribution in [2.45, 2.75) is 62.7 Å². The first-order chi connectivity index (χ1) is 16.1. The van der Waals surface area contributed by atoms with Gasteiger partial charge in [-0.05, 0) is 12.8 Å². The minimum atomic E-state index is -1.87. The first-order valence-electron chi connectivity index (χ1n) is 10.0. The van der Waals surface area contributed by atoms with Gasteiger partial charge in [0.1, 0.15) is 18.1 Å². The Morgan fingerprint density at radius 1 is 0.600 bits per heavy atom. The van der Waals surface area contributed by atoms with Crippen LogP contribution in [0.2, 0.25) is 0 Å². The van der Waals surface area contributed by atoms with Crippen LogP contribution in [0.25, 0.3) is 0 Å². The first kappa shape index (κ1) is 30.7. The molecule has 0 radical (unpaired) electrons. The van der Waals surface area contributed by atoms with Crippen molar-refractivity contribution in [3.05, 3.63) is 0 Å². The van der Waals surface area contributed by atoms with Crippen LogP contribution in [-0.2, 0) is 38.4 Å². The number of nitrogens with two attached hydrogens (primary N) is 3. The van der Waals surface area contributed by atoms with Crippen molar-refractivity contribution < 1.29 is 53.7 Å². The van der Waals surface area contributed by atoms with Gasteiger partial charge >= 0.3 is 17.9 Å². The van der Waals surface area contributed by atoms with Crippen molar-refractivity contribution in [2.24, 2.45) is 17.2 Å². The van der Waals surface area contributed by atoms with Crippen molar-refractivity contribution in [3.63, 3.8) is 0 Å². The molecule has 0 aromatic rings. The molecule has 17 nitrogen and oxygen atoms in total. The lowest BCUT2D eigenvalue weighted by Crippen LogP contribution is -2.57. The van der Waals surface area contributed by atoms with Crippen LogP contribution in [0.1, 0.15) is 38.5 Å². The Bertz CT molecular complexity index is 862. The summed E-state index contributed by atoms with van der Waals surface area (Å²) in [6.07, 6.45) is -3.44. The summed E-state index contributed by atoms with van der Waals surface area (Å²) in [5.74, 6) is -9.68. The lowest BCUT2D eigenvalue weighted by atomic mass is 10.1. The number of hydrogen-bond donors (Lipinski definition) is 9. The molecule has 0 spiro atoms. The van der Waals surface area contributed by atoms with E-state index in [9.17, 15) is 38.4 Å². The Hall–Kier alpha value is -4.28. The van der Waals surface area contributed by atoms with Gasteiger partial charge in [0.05, 0.1) is 18.9 Å². The molecule has 5 amide bonds. The van der Waals surface area contributed by atoms with E-state index in [4.69, 9.17) is 32.5 Å². The molecule has 12 N–H and O–H groups in total. The first-order valence-corrected chi connectivity index (χ1v) is 10.0. The van der Waals surface area contributed by atoms with E-state index in [-0.39, 0.29) is 6.42 Å². The third-order valence-corrected chi connectivity index (χ3v) is 4.35. The van der Waals surface area contributed by atoms with Crippen LogP contribution in [0.15, 0.2) is 0 Å². The quantitative estimate of drug-likeness (QED) is 0.0902. The molecular formula is C18H28N6O11. The molecule has 0 aliphatic heterocycles. The van der Waals surface area contributed by atoms with E-state index in [0.29, 0.717) is 0 Å². The molecule has 0 heterocycles. The summed E-state index contributed by atoms with van der Waals surface area (Å²) >= 11 is 0. The molecule has 0 fully saturated rings. The van der Waals surface area contributed by atoms with Gasteiger partial charge < -0.3 is 48.5 Å². The highest BCUT2D eigenvalue weighted by Crippen LogP contribution is 2.05. The summed E-state index contributed by atoms with van der Waals surface area (Å²) in [4.78, 5) is 92.5. The number of hydrogen-bond acceptors (Lipinski definition) is 9. The van der Waals surface area contributed by atoms with Crippen molar-refractivity contribution in [2.75, 3.05) is 0 Å². The molecule has 17 heteroatoms. The fourth-order valence-electron chi connectivity index (χ4n) is 2.59. The number of primary amides is 2. The molecule has 0 rings (SSSR count). The molecule has 196 valence electrons. The van der Waals surface area contributed by atoms with Gasteiger partial charge in [0.2, 0.25) is 29.5 Å². The molecule has 4 atom stereocenters. The average Bonchev–Trinajstić information content (AvgIpc) is 2.71. The Morgan fingerprint density at radius 2 is 0.971 bits per heavy atom. The van der Waals surface area contributed by atoms with Gasteiger partial charge in [-0.25, -0.2) is 4.79 Å². The maximum atomic E-state index is 12.8. The summed E-state index contributed by atoms with van der Waals surface area (Å²) in [5.41, 5.74) is 15.5. The van der Waals surface area contributed by atoms with Crippen LogP contribution in [-0.4, -0.2) is 86.9 Å². The highest BCUT2D eigenvalue weighted by atomic mass is 16.4. The highest BCUT2D eigenvalue weighted by Gasteiger charge is 2.31. The van der Waals surface area contributed by atoms with Crippen LogP contribution in [0.3, 0.4) is 0 Å². The van der Waals surface area contributed by atoms with Crippen LogP contribution < -0.4 is 33.2 Å². The van der Waals surface area contributed by atoms with Gasteiger partial charge in [-0.1, -0.05) is 0 Å². The zero-order valence-corrected chi connectivity index (χ0v) is 18.4. The molecule has 0 aromatic heterocycles. The minimum Gasteiger partial charge on any atom is -0.481 e. The maximum Gasteiger partial charge on any atom is 0.326 e. The smallest absolute Gasteiger partial charge is 0.326 e. The largest absolute Gasteiger partial charge is 0.481 e. The van der Waals surface area contributed by atoms with Gasteiger partial charge in [0.25, 0.3) is 0 Å². The molecule has 0 saturated carbocycles. The lowest BCUT2D eigenvalue weighted by Gasteiger charge is -2.24. The van der Waals surface area contributed by atoms with Crippen LogP contribution in [0.4, 0.5) is 0 Å². The monoisotopic (exact) mass is 504 g/mol. The van der Waals surface area contributed by atoms with Crippen LogP contribution in [0.5, 0.6) is 0 Å². The summed E-state index contributed by atoms with van der Waals surface area (Å²) in [6, 6.07) is -6.57. The molecular weight excluding hydrogens is 476 g/mol. The van der Waals surface area contributed by atoms with E-state index in [0.717, 1.165) is 0 Å². The number of carboxylic acids is 3. The van der Waals surface area contributed by atoms with Gasteiger partial charge in [0.15, 0.2) is 0 Å². The molecule has 4 unspecified atom stereocenters. The highest BCUT2D eigenvalue weighted by molar-refractivity contribution is 5.95. The number of carbonyl (C=O) groups is 8. The zero-order chi connectivity index (χ0) is 27.3. The zero-order valence-electron chi connectivity index (χ0n) is 18.4. The van der Waals surface area contributed by atoms with Gasteiger partial charge in [-0.15, -0.1) is 0 Å². The summed E-state index contributed by atoms with van der Waals surface area (Å²) < 4.78 is 0. The number of amides is 5. The van der Waals surface area contributed by atoms with Crippen molar-refractivity contribution in [1.82, 2.24) is 16.0 Å².